The molecular weight excluding hydrogens is 1290 g/mol. The molecule has 6 heterocycles. The third-order valence-corrected chi connectivity index (χ3v) is 18.1. The molecular formula is C69H57F6GaN6O12. The molecule has 15 rings (SSSR count). The fourth-order valence-electron chi connectivity index (χ4n) is 13.1. The van der Waals surface area contributed by atoms with Gasteiger partial charge in [-0.25, -0.2) is 0 Å². The van der Waals surface area contributed by atoms with Crippen molar-refractivity contribution in [3.05, 3.63) is 190 Å². The van der Waals surface area contributed by atoms with E-state index in [0.29, 0.717) is 53.0 Å². The number of hydrogen-bond acceptors (Lipinski definition) is 15. The number of carboxylic acid groups (broad SMARTS) is 3. The Morgan fingerprint density at radius 2 is 0.681 bits per heavy atom. The van der Waals surface area contributed by atoms with Crippen molar-refractivity contribution in [1.29, 1.82) is 0 Å². The zero-order valence-electron chi connectivity index (χ0n) is 50.5. The van der Waals surface area contributed by atoms with E-state index in [-0.39, 0.29) is 106 Å². The third kappa shape index (κ3) is 12.3. The molecule has 9 aromatic rings. The van der Waals surface area contributed by atoms with Crippen LogP contribution in [0.3, 0.4) is 0 Å². The van der Waals surface area contributed by atoms with E-state index < -0.39 is 70.7 Å². The molecule has 0 spiro atoms. The zero-order chi connectivity index (χ0) is 65.6. The van der Waals surface area contributed by atoms with Gasteiger partial charge in [0.15, 0.2) is 33.5 Å². The van der Waals surface area contributed by atoms with E-state index in [0.717, 1.165) is 71.9 Å². The summed E-state index contributed by atoms with van der Waals surface area (Å²) in [4.78, 5) is 72.7. The van der Waals surface area contributed by atoms with Crippen LogP contribution in [0.15, 0.2) is 124 Å². The van der Waals surface area contributed by atoms with Gasteiger partial charge >= 0.3 is 39.6 Å². The Morgan fingerprint density at radius 1 is 0.426 bits per heavy atom. The number of carbonyl (C=O) groups is 3. The third-order valence-electron chi connectivity index (χ3n) is 18.1. The van der Waals surface area contributed by atoms with Gasteiger partial charge in [0.2, 0.25) is 0 Å². The normalized spacial score (nSPS) is 17.7. The number of aromatic nitrogens is 3. The van der Waals surface area contributed by atoms with Gasteiger partial charge in [-0.15, -0.1) is 0 Å². The number of pyridine rings is 3. The quantitative estimate of drug-likeness (QED) is 0.0640. The number of ether oxygens (including phenoxy) is 3. The Morgan fingerprint density at radius 3 is 0.904 bits per heavy atom. The Kier molecular flexibility index (Phi) is 17.7. The second-order valence-corrected chi connectivity index (χ2v) is 24.1. The van der Waals surface area contributed by atoms with Gasteiger partial charge in [0.05, 0.1) is 67.3 Å². The molecule has 0 unspecified atom stereocenters. The second kappa shape index (κ2) is 25.6. The molecule has 3 atom stereocenters. The first kappa shape index (κ1) is 64.9. The predicted molar refractivity (Wildman–Crippen MR) is 330 cm³/mol. The van der Waals surface area contributed by atoms with Gasteiger partial charge in [-0.05, 0) is 164 Å². The molecule has 3 N–H and O–H groups in total. The van der Waals surface area contributed by atoms with Gasteiger partial charge in [-0.1, -0.05) is 36.4 Å². The summed E-state index contributed by atoms with van der Waals surface area (Å²) in [7, 11) is 0. The van der Waals surface area contributed by atoms with Crippen molar-refractivity contribution in [2.45, 2.75) is 135 Å². The summed E-state index contributed by atoms with van der Waals surface area (Å²) in [6, 6.07) is 26.6. The van der Waals surface area contributed by atoms with Crippen molar-refractivity contribution in [2.75, 3.05) is 0 Å². The molecule has 480 valence electrons. The van der Waals surface area contributed by atoms with Crippen molar-refractivity contribution >= 4 is 70.4 Å². The summed E-state index contributed by atoms with van der Waals surface area (Å²) in [6.07, 6.45) is 8.10. The average molecular weight is 1350 g/mol. The van der Waals surface area contributed by atoms with Gasteiger partial charge in [-0.3, -0.25) is 14.4 Å². The molecule has 6 aliphatic rings. The van der Waals surface area contributed by atoms with Crippen LogP contribution < -0.4 is 61.8 Å². The largest absolute Gasteiger partial charge is 3.00 e. The molecule has 18 nitrogen and oxygen atoms in total. The van der Waals surface area contributed by atoms with E-state index in [2.05, 4.69) is 36.7 Å². The van der Waals surface area contributed by atoms with Gasteiger partial charge in [-0.2, -0.15) is 26.3 Å². The number of nitrogens with zero attached hydrogens (tertiary/aromatic N) is 3. The van der Waals surface area contributed by atoms with Crippen molar-refractivity contribution in [2.24, 2.45) is 0 Å². The topological polar surface area (TPSA) is 250 Å². The van der Waals surface area contributed by atoms with Crippen molar-refractivity contribution < 1.29 is 70.3 Å². The minimum Gasteiger partial charge on any atom is -0.545 e. The van der Waals surface area contributed by atoms with Crippen molar-refractivity contribution in [3.63, 3.8) is 0 Å². The first-order valence-corrected chi connectivity index (χ1v) is 30.3. The minimum atomic E-state index is -3.11. The fraction of sp³-hybridized carbons (Fsp3) is 0.304. The Hall–Kier alpha value is -9.14. The van der Waals surface area contributed by atoms with Gasteiger partial charge in [0.1, 0.15) is 0 Å². The average Bonchev–Trinajstić information content (AvgIpc) is 0.821. The monoisotopic (exact) mass is 1340 g/mol. The predicted octanol–water partition coefficient (Wildman–Crippen LogP) is 9.02. The first-order chi connectivity index (χ1) is 44.5. The number of aromatic carboxylic acids is 3. The van der Waals surface area contributed by atoms with Crippen LogP contribution in [0, 0.1) is 0 Å². The Labute approximate surface area is 543 Å². The van der Waals surface area contributed by atoms with Crippen LogP contribution in [-0.2, 0) is 19.6 Å². The smallest absolute Gasteiger partial charge is 0.545 e. The van der Waals surface area contributed by atoms with Crippen molar-refractivity contribution in [3.8, 4) is 50.6 Å². The summed E-state index contributed by atoms with van der Waals surface area (Å²) >= 11 is 0. The molecule has 3 saturated carbocycles. The minimum absolute atomic E-state index is 0. The van der Waals surface area contributed by atoms with Crippen LogP contribution in [0.1, 0.15) is 160 Å². The maximum atomic E-state index is 13.4. The summed E-state index contributed by atoms with van der Waals surface area (Å²) in [5, 5.41) is 44.5. The molecule has 3 aliphatic heterocycles. The molecule has 3 aliphatic carbocycles. The number of carboxylic acids is 3. The number of fused-ring (bicyclic) bond motifs is 6. The molecule has 0 saturated heterocycles. The Bertz CT molecular complexity index is 4320. The van der Waals surface area contributed by atoms with E-state index in [1.165, 1.54) is 55.0 Å². The number of alkyl halides is 6. The van der Waals surface area contributed by atoms with E-state index >= 15 is 0 Å². The summed E-state index contributed by atoms with van der Waals surface area (Å²) in [5.74, 6) is -5.16. The van der Waals surface area contributed by atoms with Gasteiger partial charge < -0.3 is 73.6 Å². The van der Waals surface area contributed by atoms with Crippen LogP contribution in [0.4, 0.5) is 26.3 Å². The molecule has 0 amide bonds. The maximum absolute atomic E-state index is 13.4. The summed E-state index contributed by atoms with van der Waals surface area (Å²) < 4.78 is 100. The molecule has 0 bridgehead atoms. The number of rotatable bonds is 15. The second-order valence-electron chi connectivity index (χ2n) is 24.1. The number of carbonyl (C=O) groups excluding carboxylic acids is 3. The van der Waals surface area contributed by atoms with E-state index in [1.807, 2.05) is 54.6 Å². The zero-order valence-corrected chi connectivity index (χ0v) is 53.0. The van der Waals surface area contributed by atoms with Crippen LogP contribution in [0.2, 0.25) is 0 Å². The fourth-order valence-corrected chi connectivity index (χ4v) is 13.1. The number of hydrogen-bond donors (Lipinski definition) is 3. The van der Waals surface area contributed by atoms with Crippen LogP contribution in [-0.4, -0.2) is 71.2 Å². The summed E-state index contributed by atoms with van der Waals surface area (Å²) in [5.41, 5.74) is 6.72. The number of benzene rings is 6. The van der Waals surface area contributed by atoms with Gasteiger partial charge in [0.25, 0.3) is 0 Å². The maximum Gasteiger partial charge on any atom is 3.00 e. The molecule has 25 heteroatoms. The molecule has 94 heavy (non-hydrogen) atoms. The van der Waals surface area contributed by atoms with E-state index in [9.17, 15) is 70.4 Å². The molecule has 3 aromatic heterocycles. The SMILES string of the molecule is C[C@H]1NCc2cc(-c3ccc4c(=O)c(C(=O)[O-])cn(C5CC5)c4c3OC(F)F)ccc21.C[C@H]1NCc2cc(-c3ccc4c(=O)c(C(=O)[O-])cn(C5CC5)c4c3OC(F)F)ccc21.C[C@H]1NCc2cc(-c3ccc4c(=O)c(C(=O)[O-])cn(C5CC5)c4c3OC(F)F)ccc21.[Ga+3]. The van der Waals surface area contributed by atoms with Crippen LogP contribution in [0.25, 0.3) is 66.1 Å². The van der Waals surface area contributed by atoms with E-state index in [4.69, 9.17) is 14.2 Å². The standard InChI is InChI=1S/3C23H20F2N2O4.Ga/c3*1-11-15-5-2-12(8-13(15)9-26-11)16-6-7-17-19(21(16)31-23(24)25)27(14-3-4-14)10-18(20(17)28)22(29)30;/h3*2,5-8,10-11,14,23,26H,3-4,9H2,1H3,(H,29,30);/q;;;+3/p-3/t3*11-;/m111./s1. The first-order valence-electron chi connectivity index (χ1n) is 30.3. The Balaban J connectivity index is 0.000000135. The number of nitrogens with one attached hydrogen (secondary N) is 3. The van der Waals surface area contributed by atoms with Crippen LogP contribution in [0.5, 0.6) is 17.2 Å². The number of halogens is 6. The van der Waals surface area contributed by atoms with Crippen LogP contribution >= 0.6 is 0 Å². The molecule has 3 fully saturated rings. The van der Waals surface area contributed by atoms with Gasteiger partial charge in [0, 0.05) is 91.2 Å². The molecule has 0 radical (unpaired) electrons. The molecule has 6 aromatic carbocycles. The van der Waals surface area contributed by atoms with Crippen molar-refractivity contribution in [1.82, 2.24) is 29.7 Å². The summed E-state index contributed by atoms with van der Waals surface area (Å²) in [6.45, 7) is -1.15. The van der Waals surface area contributed by atoms with E-state index in [1.54, 1.807) is 13.7 Å².